The highest BCUT2D eigenvalue weighted by atomic mass is 16.1. The molecular weight excluding hydrogens is 236 g/mol. The van der Waals surface area contributed by atoms with Crippen LogP contribution in [0.4, 0.5) is 0 Å². The average Bonchev–Trinajstić information content (AvgIpc) is 2.48. The zero-order chi connectivity index (χ0) is 13.1. The summed E-state index contributed by atoms with van der Waals surface area (Å²) in [5, 5.41) is 0. The monoisotopic (exact) mass is 248 g/mol. The van der Waals surface area contributed by atoms with Crippen LogP contribution in [-0.4, -0.2) is 15.8 Å². The third-order valence-electron chi connectivity index (χ3n) is 2.94. The Kier molecular flexibility index (Phi) is 3.02. The minimum Gasteiger partial charge on any atom is -0.292 e. The summed E-state index contributed by atoms with van der Waals surface area (Å²) >= 11 is 0. The maximum absolute atomic E-state index is 12.2. The number of aromatic nitrogens is 2. The summed E-state index contributed by atoms with van der Waals surface area (Å²) in [7, 11) is 0. The van der Waals surface area contributed by atoms with Crippen molar-refractivity contribution in [2.45, 2.75) is 6.42 Å². The molecule has 0 fully saturated rings. The number of ketones is 1. The number of carbonyl (C=O) groups is 1. The fraction of sp³-hybridized carbons (Fsp3) is 0.0625. The van der Waals surface area contributed by atoms with Gasteiger partial charge in [-0.25, -0.2) is 4.98 Å². The van der Waals surface area contributed by atoms with Crippen molar-refractivity contribution in [3.63, 3.8) is 0 Å². The summed E-state index contributed by atoms with van der Waals surface area (Å²) in [5.41, 5.74) is 2.96. The third-order valence-corrected chi connectivity index (χ3v) is 2.94. The Morgan fingerprint density at radius 3 is 2.37 bits per heavy atom. The molecule has 0 unspecified atom stereocenters. The Morgan fingerprint density at radius 1 is 0.895 bits per heavy atom. The van der Waals surface area contributed by atoms with Crippen LogP contribution < -0.4 is 0 Å². The van der Waals surface area contributed by atoms with E-state index in [1.165, 1.54) is 0 Å². The van der Waals surface area contributed by atoms with Crippen molar-refractivity contribution in [2.75, 3.05) is 0 Å². The number of fused-ring (bicyclic) bond motifs is 1. The summed E-state index contributed by atoms with van der Waals surface area (Å²) in [6.07, 6.45) is 1.90. The van der Waals surface area contributed by atoms with Gasteiger partial charge in [-0.2, -0.15) is 0 Å². The second kappa shape index (κ2) is 4.98. The molecule has 3 rings (SSSR count). The molecular formula is C16H12N2O. The minimum absolute atomic E-state index is 0.00977. The zero-order valence-corrected chi connectivity index (χ0v) is 10.3. The molecule has 0 amide bonds. The standard InChI is InChI=1S/C16H12N2O/c19-16(10-12-6-2-1-3-7-12)15-11-17-13-8-4-5-9-14(13)18-15/h1-9,11H,10H2. The van der Waals surface area contributed by atoms with Crippen molar-refractivity contribution < 1.29 is 4.79 Å². The molecule has 1 heterocycles. The van der Waals surface area contributed by atoms with Gasteiger partial charge < -0.3 is 0 Å². The van der Waals surface area contributed by atoms with Crippen LogP contribution in [0.2, 0.25) is 0 Å². The van der Waals surface area contributed by atoms with Crippen LogP contribution in [0.15, 0.2) is 60.8 Å². The summed E-state index contributed by atoms with van der Waals surface area (Å²) in [6.45, 7) is 0. The van der Waals surface area contributed by atoms with Crippen molar-refractivity contribution in [1.82, 2.24) is 9.97 Å². The Labute approximate surface area is 111 Å². The zero-order valence-electron chi connectivity index (χ0n) is 10.3. The first-order valence-electron chi connectivity index (χ1n) is 6.12. The van der Waals surface area contributed by atoms with E-state index in [-0.39, 0.29) is 5.78 Å². The molecule has 3 heteroatoms. The van der Waals surface area contributed by atoms with Gasteiger partial charge in [-0.05, 0) is 17.7 Å². The topological polar surface area (TPSA) is 42.9 Å². The molecule has 0 N–H and O–H groups in total. The number of para-hydroxylation sites is 2. The highest BCUT2D eigenvalue weighted by Gasteiger charge is 2.09. The molecule has 3 aromatic rings. The summed E-state index contributed by atoms with van der Waals surface area (Å²) < 4.78 is 0. The van der Waals surface area contributed by atoms with Crippen LogP contribution in [0.25, 0.3) is 11.0 Å². The van der Waals surface area contributed by atoms with E-state index in [0.717, 1.165) is 16.6 Å². The smallest absolute Gasteiger partial charge is 0.187 e. The van der Waals surface area contributed by atoms with Crippen molar-refractivity contribution in [3.8, 4) is 0 Å². The molecule has 0 aliphatic carbocycles. The molecule has 2 aromatic carbocycles. The molecule has 0 saturated heterocycles. The molecule has 0 radical (unpaired) electrons. The maximum atomic E-state index is 12.2. The molecule has 0 aliphatic rings. The second-order valence-electron chi connectivity index (χ2n) is 4.33. The van der Waals surface area contributed by atoms with E-state index in [1.807, 2.05) is 54.6 Å². The van der Waals surface area contributed by atoms with E-state index in [4.69, 9.17) is 0 Å². The van der Waals surface area contributed by atoms with Crippen LogP contribution in [0, 0.1) is 0 Å². The molecule has 0 saturated carbocycles. The Morgan fingerprint density at radius 2 is 1.58 bits per heavy atom. The number of hydrogen-bond acceptors (Lipinski definition) is 3. The van der Waals surface area contributed by atoms with Gasteiger partial charge in [-0.15, -0.1) is 0 Å². The summed E-state index contributed by atoms with van der Waals surface area (Å²) in [5.74, 6) is -0.00977. The second-order valence-corrected chi connectivity index (χ2v) is 4.33. The lowest BCUT2D eigenvalue weighted by atomic mass is 10.1. The first kappa shape index (κ1) is 11.5. The third kappa shape index (κ3) is 2.50. The van der Waals surface area contributed by atoms with Crippen LogP contribution in [0.3, 0.4) is 0 Å². The van der Waals surface area contributed by atoms with Gasteiger partial charge in [0.2, 0.25) is 0 Å². The SMILES string of the molecule is O=C(Cc1ccccc1)c1cnc2ccccc2n1. The molecule has 0 aliphatic heterocycles. The lowest BCUT2D eigenvalue weighted by molar-refractivity contribution is 0.0988. The average molecular weight is 248 g/mol. The van der Waals surface area contributed by atoms with Crippen LogP contribution >= 0.6 is 0 Å². The number of carbonyl (C=O) groups excluding carboxylic acids is 1. The Hall–Kier alpha value is -2.55. The number of nitrogens with zero attached hydrogens (tertiary/aromatic N) is 2. The van der Waals surface area contributed by atoms with E-state index in [1.54, 1.807) is 6.20 Å². The molecule has 0 bridgehead atoms. The lowest BCUT2D eigenvalue weighted by Gasteiger charge is -2.02. The van der Waals surface area contributed by atoms with E-state index >= 15 is 0 Å². The van der Waals surface area contributed by atoms with Crippen LogP contribution in [0.1, 0.15) is 16.1 Å². The van der Waals surface area contributed by atoms with Crippen molar-refractivity contribution >= 4 is 16.8 Å². The predicted molar refractivity (Wildman–Crippen MR) is 74.0 cm³/mol. The highest BCUT2D eigenvalue weighted by Crippen LogP contribution is 2.10. The predicted octanol–water partition coefficient (Wildman–Crippen LogP) is 3.06. The van der Waals surface area contributed by atoms with E-state index < -0.39 is 0 Å². The van der Waals surface area contributed by atoms with Gasteiger partial charge in [0.15, 0.2) is 5.78 Å². The first-order valence-corrected chi connectivity index (χ1v) is 6.12. The molecule has 0 atom stereocenters. The van der Waals surface area contributed by atoms with Gasteiger partial charge in [0, 0.05) is 6.42 Å². The molecule has 19 heavy (non-hydrogen) atoms. The van der Waals surface area contributed by atoms with Crippen molar-refractivity contribution in [3.05, 3.63) is 72.1 Å². The Balaban J connectivity index is 1.89. The van der Waals surface area contributed by atoms with Gasteiger partial charge in [0.05, 0.1) is 17.2 Å². The number of hydrogen-bond donors (Lipinski definition) is 0. The van der Waals surface area contributed by atoms with Crippen molar-refractivity contribution in [1.29, 1.82) is 0 Å². The summed E-state index contributed by atoms with van der Waals surface area (Å²) in [4.78, 5) is 20.8. The van der Waals surface area contributed by atoms with Gasteiger partial charge in [-0.3, -0.25) is 9.78 Å². The fourth-order valence-corrected chi connectivity index (χ4v) is 1.96. The number of rotatable bonds is 3. The normalized spacial score (nSPS) is 10.5. The summed E-state index contributed by atoms with van der Waals surface area (Å²) in [6, 6.07) is 17.2. The Bertz CT molecular complexity index is 723. The largest absolute Gasteiger partial charge is 0.292 e. The van der Waals surface area contributed by atoms with E-state index in [0.29, 0.717) is 12.1 Å². The quantitative estimate of drug-likeness (QED) is 0.669. The minimum atomic E-state index is -0.00977. The van der Waals surface area contributed by atoms with E-state index in [2.05, 4.69) is 9.97 Å². The van der Waals surface area contributed by atoms with Gasteiger partial charge in [0.1, 0.15) is 5.69 Å². The lowest BCUT2D eigenvalue weighted by Crippen LogP contribution is -2.06. The van der Waals surface area contributed by atoms with E-state index in [9.17, 15) is 4.79 Å². The number of Topliss-reactive ketones (excluding diaryl/α,β-unsaturated/α-hetero) is 1. The number of benzene rings is 2. The first-order chi connectivity index (χ1) is 9.33. The van der Waals surface area contributed by atoms with Gasteiger partial charge in [-0.1, -0.05) is 42.5 Å². The van der Waals surface area contributed by atoms with Gasteiger partial charge >= 0.3 is 0 Å². The molecule has 0 spiro atoms. The van der Waals surface area contributed by atoms with Crippen LogP contribution in [0.5, 0.6) is 0 Å². The van der Waals surface area contributed by atoms with Crippen LogP contribution in [-0.2, 0) is 6.42 Å². The highest BCUT2D eigenvalue weighted by molar-refractivity contribution is 5.96. The van der Waals surface area contributed by atoms with Gasteiger partial charge in [0.25, 0.3) is 0 Å². The molecule has 92 valence electrons. The fourth-order valence-electron chi connectivity index (χ4n) is 1.96. The van der Waals surface area contributed by atoms with Crippen molar-refractivity contribution in [2.24, 2.45) is 0 Å². The molecule has 3 nitrogen and oxygen atoms in total. The molecule has 1 aromatic heterocycles. The maximum Gasteiger partial charge on any atom is 0.187 e.